The summed E-state index contributed by atoms with van der Waals surface area (Å²) < 4.78 is 0. The van der Waals surface area contributed by atoms with E-state index >= 15 is 0 Å². The molecule has 26 nitrogen and oxygen atoms in total. The Balaban J connectivity index is 1.40. The second kappa shape index (κ2) is 36.0. The zero-order valence-corrected chi connectivity index (χ0v) is 50.0. The summed E-state index contributed by atoms with van der Waals surface area (Å²) in [4.78, 5) is 151. The number of nitrogens with one attached hydrogen (secondary N) is 9. The van der Waals surface area contributed by atoms with E-state index in [1.807, 2.05) is 56.3 Å². The number of unbranched alkanes of at least 4 members (excludes halogenated alkanes) is 2. The number of nitrogens with two attached hydrogens (primary N) is 2. The summed E-state index contributed by atoms with van der Waals surface area (Å²) in [6.45, 7) is 6.78. The highest BCUT2D eigenvalue weighted by atomic mass is 16.3. The smallest absolute Gasteiger partial charge is 0.269 e. The zero-order chi connectivity index (χ0) is 63.3. The van der Waals surface area contributed by atoms with Crippen molar-refractivity contribution >= 4 is 75.8 Å². The van der Waals surface area contributed by atoms with E-state index < -0.39 is 102 Å². The number of rotatable bonds is 35. The molecule has 2 aromatic carbocycles. The van der Waals surface area contributed by atoms with Crippen molar-refractivity contribution in [2.75, 3.05) is 39.3 Å². The number of likely N-dealkylation sites (N-methyl/N-ethyl adjacent to an activating group) is 1. The number of amides is 10. The van der Waals surface area contributed by atoms with Crippen LogP contribution in [0.25, 0.3) is 10.8 Å². The van der Waals surface area contributed by atoms with Gasteiger partial charge in [-0.05, 0) is 124 Å². The molecule has 14 N–H and O–H groups in total. The number of aliphatic hydroxyl groups is 1. The van der Waals surface area contributed by atoms with Crippen molar-refractivity contribution in [2.45, 2.75) is 147 Å². The average molecular weight is 1200 g/mol. The Morgan fingerprint density at radius 2 is 1.13 bits per heavy atom. The Bertz CT molecular complexity index is 2980. The fraction of sp³-hybridized carbons (Fsp3) is 0.492. The molecule has 470 valence electrons. The molecular formula is C61H85N15O11. The maximum atomic E-state index is 14.8. The summed E-state index contributed by atoms with van der Waals surface area (Å²) in [5.74, 6) is -6.74. The van der Waals surface area contributed by atoms with E-state index in [2.05, 4.69) is 62.8 Å². The van der Waals surface area contributed by atoms with Gasteiger partial charge in [-0.1, -0.05) is 68.4 Å². The molecule has 2 aromatic heterocycles. The van der Waals surface area contributed by atoms with Crippen molar-refractivity contribution < 1.29 is 53.1 Å². The molecule has 1 aliphatic heterocycles. The molecule has 26 heteroatoms. The van der Waals surface area contributed by atoms with E-state index in [-0.39, 0.29) is 107 Å². The molecule has 0 saturated carbocycles. The van der Waals surface area contributed by atoms with Crippen molar-refractivity contribution in [3.63, 3.8) is 0 Å². The number of aliphatic imine (C=N–C) groups is 1. The van der Waals surface area contributed by atoms with E-state index in [1.165, 1.54) is 24.2 Å². The number of likely N-dealkylation sites (tertiary alicyclic amines) is 1. The molecule has 5 rings (SSSR count). The van der Waals surface area contributed by atoms with Crippen LogP contribution in [0.4, 0.5) is 0 Å². The van der Waals surface area contributed by atoms with Crippen LogP contribution in [-0.4, -0.2) is 167 Å². The van der Waals surface area contributed by atoms with Crippen LogP contribution >= 0.6 is 0 Å². The summed E-state index contributed by atoms with van der Waals surface area (Å²) in [5.41, 5.74) is 12.2. The SMILES string of the molecule is CCNC(=O)[C@@H]1CCCN1C(=O)[C@H](CCCN=C(N)N)NC(=O)[C@H](CC(C)C)NC(=O)[C@@H](CCCCNC(=O)c1ccccn1)NC(=O)[C@H](CCCCNC(=O)c1ccccn1)NC(=O)[C@H](CO)NC(=O)[C@@H](Cc1ccc2ccccc2c1)NC(C)=O. The summed E-state index contributed by atoms with van der Waals surface area (Å²) in [5, 5.41) is 37.0. The Hall–Kier alpha value is -9.07. The Morgan fingerprint density at radius 1 is 0.609 bits per heavy atom. The number of hydrogen-bond donors (Lipinski definition) is 12. The third-order valence-electron chi connectivity index (χ3n) is 14.3. The normalized spacial score (nSPS) is 14.8. The van der Waals surface area contributed by atoms with Crippen molar-refractivity contribution in [1.29, 1.82) is 0 Å². The van der Waals surface area contributed by atoms with E-state index in [0.29, 0.717) is 37.8 Å². The fourth-order valence-electron chi connectivity index (χ4n) is 9.93. The largest absolute Gasteiger partial charge is 0.394 e. The van der Waals surface area contributed by atoms with Gasteiger partial charge in [-0.25, -0.2) is 0 Å². The van der Waals surface area contributed by atoms with Crippen LogP contribution in [0.3, 0.4) is 0 Å². The molecule has 3 heterocycles. The highest BCUT2D eigenvalue weighted by molar-refractivity contribution is 5.98. The standard InChI is InChI=1S/C61H85N15O11/c1-5-64-59(86)51-25-17-33-76(51)60(87)47(24-16-32-69-61(62)63)73-56(83)48(34-38(2)3)74-55(82)46(23-11-15-31-68-53(80)44-21-9-13-29-66-44)71-54(81)45(22-10-14-30-67-52(79)43-20-8-12-28-65-43)72-58(85)50(37-77)75-57(84)49(70-39(4)78)36-40-26-27-41-18-6-7-19-42(41)35-40/h6-9,12-13,18-21,26-29,35,38,45-51,77H,5,10-11,14-17,22-25,30-34,36-37H2,1-4H3,(H,64,86)(H,67,79)(H,68,80)(H,70,78)(H,71,81)(H,72,85)(H,73,83)(H,74,82)(H,75,84)(H4,62,63,69)/t45-,46+,47-,48-,49+,50-,51-/m0/s1. The zero-order valence-electron chi connectivity index (χ0n) is 50.0. The van der Waals surface area contributed by atoms with Gasteiger partial charge in [-0.2, -0.15) is 0 Å². The minimum Gasteiger partial charge on any atom is -0.394 e. The number of pyridine rings is 2. The first-order valence-electron chi connectivity index (χ1n) is 29.7. The lowest BCUT2D eigenvalue weighted by Crippen LogP contribution is -2.60. The van der Waals surface area contributed by atoms with Gasteiger partial charge in [0, 0.05) is 58.5 Å². The second-order valence-electron chi connectivity index (χ2n) is 21.7. The Kier molecular flexibility index (Phi) is 28.5. The molecule has 10 amide bonds. The third kappa shape index (κ3) is 23.0. The first-order chi connectivity index (χ1) is 41.8. The van der Waals surface area contributed by atoms with Crippen molar-refractivity contribution in [1.82, 2.24) is 62.7 Å². The molecule has 0 aliphatic carbocycles. The van der Waals surface area contributed by atoms with E-state index in [0.717, 1.165) is 10.8 Å². The highest BCUT2D eigenvalue weighted by Crippen LogP contribution is 2.21. The number of aliphatic hydroxyl groups excluding tert-OH is 1. The lowest BCUT2D eigenvalue weighted by molar-refractivity contribution is -0.142. The molecule has 1 saturated heterocycles. The summed E-state index contributed by atoms with van der Waals surface area (Å²) in [6, 6.07) is 14.1. The number of benzene rings is 2. The Labute approximate surface area is 506 Å². The first-order valence-corrected chi connectivity index (χ1v) is 29.7. The predicted molar refractivity (Wildman–Crippen MR) is 326 cm³/mol. The molecule has 0 bridgehead atoms. The van der Waals surface area contributed by atoms with Crippen LogP contribution < -0.4 is 59.3 Å². The van der Waals surface area contributed by atoms with Crippen molar-refractivity contribution in [2.24, 2.45) is 22.4 Å². The van der Waals surface area contributed by atoms with Gasteiger partial charge in [-0.3, -0.25) is 62.9 Å². The maximum Gasteiger partial charge on any atom is 0.269 e. The molecule has 0 spiro atoms. The average Bonchev–Trinajstić information content (AvgIpc) is 3.16. The molecule has 0 radical (unpaired) electrons. The summed E-state index contributed by atoms with van der Waals surface area (Å²) in [6.07, 6.45) is 5.29. The number of hydrogen-bond acceptors (Lipinski definition) is 14. The van der Waals surface area contributed by atoms with Crippen LogP contribution in [0.5, 0.6) is 0 Å². The fourth-order valence-corrected chi connectivity index (χ4v) is 9.93. The number of carbonyl (C=O) groups is 10. The van der Waals surface area contributed by atoms with Crippen molar-refractivity contribution in [3.05, 3.63) is 108 Å². The lowest BCUT2D eigenvalue weighted by atomic mass is 10.00. The number of aromatic nitrogens is 2. The highest BCUT2D eigenvalue weighted by Gasteiger charge is 2.39. The van der Waals surface area contributed by atoms with E-state index in [1.54, 1.807) is 43.3 Å². The predicted octanol–water partition coefficient (Wildman–Crippen LogP) is 0.521. The van der Waals surface area contributed by atoms with Crippen LogP contribution in [0.2, 0.25) is 0 Å². The number of guanidine groups is 1. The van der Waals surface area contributed by atoms with Crippen LogP contribution in [0, 0.1) is 5.92 Å². The molecule has 0 unspecified atom stereocenters. The number of carbonyl (C=O) groups excluding carboxylic acids is 10. The topological polar surface area (TPSA) is 393 Å². The summed E-state index contributed by atoms with van der Waals surface area (Å²) >= 11 is 0. The number of fused-ring (bicyclic) bond motifs is 1. The van der Waals surface area contributed by atoms with E-state index in [4.69, 9.17) is 11.5 Å². The number of nitrogens with zero attached hydrogens (tertiary/aromatic N) is 4. The maximum absolute atomic E-state index is 14.8. The minimum absolute atomic E-state index is 0.0231. The third-order valence-corrected chi connectivity index (χ3v) is 14.3. The molecule has 1 aliphatic rings. The Morgan fingerprint density at radius 3 is 1.67 bits per heavy atom. The first kappa shape index (κ1) is 68.7. The molecule has 87 heavy (non-hydrogen) atoms. The molecule has 1 fully saturated rings. The van der Waals surface area contributed by atoms with Gasteiger partial charge in [0.15, 0.2) is 5.96 Å². The van der Waals surface area contributed by atoms with Crippen molar-refractivity contribution in [3.8, 4) is 0 Å². The van der Waals surface area contributed by atoms with Gasteiger partial charge in [0.2, 0.25) is 47.3 Å². The van der Waals surface area contributed by atoms with Crippen LogP contribution in [-0.2, 0) is 44.8 Å². The molecular weight excluding hydrogens is 1120 g/mol. The van der Waals surface area contributed by atoms with Gasteiger partial charge in [0.1, 0.15) is 53.7 Å². The summed E-state index contributed by atoms with van der Waals surface area (Å²) in [7, 11) is 0. The van der Waals surface area contributed by atoms with Crippen LogP contribution in [0.1, 0.15) is 125 Å². The second-order valence-corrected chi connectivity index (χ2v) is 21.7. The molecule has 4 aromatic rings. The van der Waals surface area contributed by atoms with Crippen LogP contribution in [0.15, 0.2) is 96.2 Å². The van der Waals surface area contributed by atoms with Gasteiger partial charge in [0.25, 0.3) is 11.8 Å². The van der Waals surface area contributed by atoms with Gasteiger partial charge < -0.3 is 69.3 Å². The van der Waals surface area contributed by atoms with Gasteiger partial charge in [0.05, 0.1) is 6.61 Å². The van der Waals surface area contributed by atoms with Gasteiger partial charge >= 0.3 is 0 Å². The van der Waals surface area contributed by atoms with Gasteiger partial charge in [-0.15, -0.1) is 0 Å². The monoisotopic (exact) mass is 1200 g/mol. The van der Waals surface area contributed by atoms with E-state index in [9.17, 15) is 53.1 Å². The lowest BCUT2D eigenvalue weighted by Gasteiger charge is -2.30. The molecule has 7 atom stereocenters. The minimum atomic E-state index is -1.64. The quantitative estimate of drug-likeness (QED) is 0.0170.